The van der Waals surface area contributed by atoms with Crippen LogP contribution in [0.2, 0.25) is 0 Å². The highest BCUT2D eigenvalue weighted by molar-refractivity contribution is 6.00. The van der Waals surface area contributed by atoms with Gasteiger partial charge in [-0.15, -0.1) is 0 Å². The summed E-state index contributed by atoms with van der Waals surface area (Å²) in [4.78, 5) is 23.2. The largest absolute Gasteiger partial charge is 0.454 e. The van der Waals surface area contributed by atoms with E-state index in [2.05, 4.69) is 17.2 Å². The molecule has 0 saturated heterocycles. The lowest BCUT2D eigenvalue weighted by Crippen LogP contribution is -2.22. The minimum Gasteiger partial charge on any atom is -0.427 e. The van der Waals surface area contributed by atoms with Gasteiger partial charge in [-0.05, 0) is 55.0 Å². The quantitative estimate of drug-likeness (QED) is 0.0900. The van der Waals surface area contributed by atoms with Crippen molar-refractivity contribution in [2.24, 2.45) is 10.2 Å². The molecule has 34 heavy (non-hydrogen) atoms. The first kappa shape index (κ1) is 27.2. The summed E-state index contributed by atoms with van der Waals surface area (Å²) >= 11 is 0. The lowest BCUT2D eigenvalue weighted by Gasteiger charge is -2.05. The third-order valence-corrected chi connectivity index (χ3v) is 5.22. The second kappa shape index (κ2) is 14.3. The van der Waals surface area contributed by atoms with Crippen molar-refractivity contribution >= 4 is 23.1 Å². The van der Waals surface area contributed by atoms with Gasteiger partial charge in [0.15, 0.2) is 0 Å². The summed E-state index contributed by atoms with van der Waals surface area (Å²) in [5.74, 6) is -1.76. The van der Waals surface area contributed by atoms with Gasteiger partial charge in [0.05, 0.1) is 11.4 Å². The molecule has 0 aliphatic heterocycles. The Labute approximate surface area is 198 Å². The van der Waals surface area contributed by atoms with Crippen molar-refractivity contribution < 1.29 is 27.5 Å². The van der Waals surface area contributed by atoms with Gasteiger partial charge >= 0.3 is 12.1 Å². The fourth-order valence-corrected chi connectivity index (χ4v) is 3.30. The highest BCUT2D eigenvalue weighted by atomic mass is 19.4. The molecule has 0 amide bonds. The van der Waals surface area contributed by atoms with Crippen molar-refractivity contribution in [3.8, 4) is 5.75 Å². The van der Waals surface area contributed by atoms with Crippen LogP contribution in [0.3, 0.4) is 0 Å². The Morgan fingerprint density at radius 3 is 1.71 bits per heavy atom. The summed E-state index contributed by atoms with van der Waals surface area (Å²) in [7, 11) is 0. The highest BCUT2D eigenvalue weighted by Crippen LogP contribution is 2.25. The van der Waals surface area contributed by atoms with Gasteiger partial charge in [0.25, 0.3) is 5.78 Å². The molecule has 0 radical (unpaired) electrons. The van der Waals surface area contributed by atoms with Crippen molar-refractivity contribution in [2.45, 2.75) is 77.3 Å². The molecule has 0 bridgehead atoms. The summed E-state index contributed by atoms with van der Waals surface area (Å²) in [6.45, 7) is 2.21. The standard InChI is InChI=1S/C26H31F3N2O3/c1-2-3-4-5-6-7-8-9-10-11-24(32)34-23-18-16-22(17-19-23)31-30-21-14-12-20(13-15-21)25(33)26(27,28)29/h12-19H,2-11H2,1H3/b31-30+. The molecule has 0 N–H and O–H groups in total. The number of alkyl halides is 3. The van der Waals surface area contributed by atoms with Crippen molar-refractivity contribution in [1.29, 1.82) is 0 Å². The first-order valence-electron chi connectivity index (χ1n) is 11.7. The van der Waals surface area contributed by atoms with Gasteiger partial charge in [0.1, 0.15) is 5.75 Å². The number of ether oxygens (including phenoxy) is 1. The van der Waals surface area contributed by atoms with Crippen LogP contribution >= 0.6 is 0 Å². The van der Waals surface area contributed by atoms with Crippen LogP contribution in [0, 0.1) is 0 Å². The number of rotatable bonds is 14. The summed E-state index contributed by atoms with van der Waals surface area (Å²) in [6, 6.07) is 11.1. The zero-order chi connectivity index (χ0) is 24.8. The predicted octanol–water partition coefficient (Wildman–Crippen LogP) is 8.67. The molecule has 2 aromatic carbocycles. The fraction of sp³-hybridized carbons (Fsp3) is 0.462. The van der Waals surface area contributed by atoms with Crippen LogP contribution in [-0.2, 0) is 4.79 Å². The van der Waals surface area contributed by atoms with Crippen LogP contribution in [0.5, 0.6) is 5.75 Å². The van der Waals surface area contributed by atoms with Crippen LogP contribution in [0.25, 0.3) is 0 Å². The van der Waals surface area contributed by atoms with Crippen LogP contribution in [0.15, 0.2) is 58.8 Å². The molecule has 2 aromatic rings. The van der Waals surface area contributed by atoms with Gasteiger partial charge in [-0.2, -0.15) is 23.4 Å². The summed E-state index contributed by atoms with van der Waals surface area (Å²) in [6.07, 6.45) is 6.07. The maximum Gasteiger partial charge on any atom is 0.454 e. The number of esters is 1. The predicted molar refractivity (Wildman–Crippen MR) is 125 cm³/mol. The molecule has 0 aromatic heterocycles. The molecule has 0 unspecified atom stereocenters. The molecule has 0 atom stereocenters. The number of halogens is 3. The number of unbranched alkanes of at least 4 members (excludes halogenated alkanes) is 8. The van der Waals surface area contributed by atoms with Gasteiger partial charge < -0.3 is 4.74 Å². The molecule has 0 saturated carbocycles. The lowest BCUT2D eigenvalue weighted by molar-refractivity contribution is -0.134. The van der Waals surface area contributed by atoms with Crippen molar-refractivity contribution in [2.75, 3.05) is 0 Å². The number of ketones is 1. The highest BCUT2D eigenvalue weighted by Gasteiger charge is 2.39. The molecule has 8 heteroatoms. The third kappa shape index (κ3) is 10.3. The van der Waals surface area contributed by atoms with Gasteiger partial charge in [-0.25, -0.2) is 0 Å². The first-order valence-corrected chi connectivity index (χ1v) is 11.7. The molecule has 0 fully saturated rings. The topological polar surface area (TPSA) is 68.1 Å². The van der Waals surface area contributed by atoms with E-state index in [-0.39, 0.29) is 5.97 Å². The van der Waals surface area contributed by atoms with Crippen LogP contribution in [0.4, 0.5) is 24.5 Å². The summed E-state index contributed by atoms with van der Waals surface area (Å²) in [5.41, 5.74) is 0.324. The normalized spacial score (nSPS) is 11.6. The Morgan fingerprint density at radius 1 is 0.735 bits per heavy atom. The van der Waals surface area contributed by atoms with Gasteiger partial charge in [0.2, 0.25) is 0 Å². The number of hydrogen-bond donors (Lipinski definition) is 0. The van der Waals surface area contributed by atoms with Gasteiger partial charge in [-0.1, -0.05) is 58.3 Å². The van der Waals surface area contributed by atoms with E-state index in [1.807, 2.05) is 0 Å². The number of carbonyl (C=O) groups excluding carboxylic acids is 2. The van der Waals surface area contributed by atoms with Gasteiger partial charge in [-0.3, -0.25) is 9.59 Å². The second-order valence-corrected chi connectivity index (χ2v) is 8.12. The molecular weight excluding hydrogens is 445 g/mol. The van der Waals surface area contributed by atoms with E-state index in [0.29, 0.717) is 23.5 Å². The minimum absolute atomic E-state index is 0.272. The van der Waals surface area contributed by atoms with Crippen LogP contribution in [0.1, 0.15) is 81.5 Å². The molecule has 2 rings (SSSR count). The summed E-state index contributed by atoms with van der Waals surface area (Å²) < 4.78 is 42.7. The zero-order valence-corrected chi connectivity index (χ0v) is 19.4. The molecule has 0 aliphatic rings. The average molecular weight is 477 g/mol. The number of Topliss-reactive ketones (excluding diaryl/α,β-unsaturated/α-hetero) is 1. The van der Waals surface area contributed by atoms with E-state index < -0.39 is 17.5 Å². The summed E-state index contributed by atoms with van der Waals surface area (Å²) in [5, 5.41) is 7.94. The zero-order valence-electron chi connectivity index (χ0n) is 19.4. The monoisotopic (exact) mass is 476 g/mol. The van der Waals surface area contributed by atoms with E-state index in [0.717, 1.165) is 31.4 Å². The average Bonchev–Trinajstić information content (AvgIpc) is 2.82. The van der Waals surface area contributed by atoms with Crippen LogP contribution in [-0.4, -0.2) is 17.9 Å². The molecule has 0 spiro atoms. The smallest absolute Gasteiger partial charge is 0.427 e. The van der Waals surface area contributed by atoms with E-state index in [1.54, 1.807) is 24.3 Å². The minimum atomic E-state index is -4.91. The maximum absolute atomic E-state index is 12.4. The Kier molecular flexibility index (Phi) is 11.4. The van der Waals surface area contributed by atoms with Crippen LogP contribution < -0.4 is 4.74 Å². The Hall–Kier alpha value is -3.03. The van der Waals surface area contributed by atoms with Gasteiger partial charge in [0, 0.05) is 12.0 Å². The number of carbonyl (C=O) groups is 2. The van der Waals surface area contributed by atoms with Crippen molar-refractivity contribution in [3.63, 3.8) is 0 Å². The first-order chi connectivity index (χ1) is 16.3. The van der Waals surface area contributed by atoms with E-state index in [9.17, 15) is 22.8 Å². The number of nitrogens with zero attached hydrogens (tertiary/aromatic N) is 2. The van der Waals surface area contributed by atoms with Crippen molar-refractivity contribution in [3.05, 3.63) is 54.1 Å². The Balaban J connectivity index is 1.71. The van der Waals surface area contributed by atoms with E-state index >= 15 is 0 Å². The SMILES string of the molecule is CCCCCCCCCCCC(=O)Oc1ccc(/N=N/c2ccc(C(=O)C(F)(F)F)cc2)cc1. The molecule has 0 heterocycles. The van der Waals surface area contributed by atoms with Crippen molar-refractivity contribution in [1.82, 2.24) is 0 Å². The van der Waals surface area contributed by atoms with E-state index in [4.69, 9.17) is 4.74 Å². The third-order valence-electron chi connectivity index (χ3n) is 5.22. The molecular formula is C26H31F3N2O3. The lowest BCUT2D eigenvalue weighted by atomic mass is 10.1. The number of hydrogen-bond acceptors (Lipinski definition) is 5. The molecule has 5 nitrogen and oxygen atoms in total. The Morgan fingerprint density at radius 2 is 1.21 bits per heavy atom. The maximum atomic E-state index is 12.4. The molecule has 0 aliphatic carbocycles. The molecule has 184 valence electrons. The fourth-order valence-electron chi connectivity index (χ4n) is 3.30. The Bertz CT molecular complexity index is 924. The second-order valence-electron chi connectivity index (χ2n) is 8.12. The van der Waals surface area contributed by atoms with E-state index in [1.165, 1.54) is 50.7 Å². The number of azo groups is 1. The number of benzene rings is 2.